The van der Waals surface area contributed by atoms with Gasteiger partial charge in [-0.3, -0.25) is 4.79 Å². The van der Waals surface area contributed by atoms with E-state index in [1.54, 1.807) is 6.92 Å². The van der Waals surface area contributed by atoms with Crippen molar-refractivity contribution in [1.29, 1.82) is 0 Å². The van der Waals surface area contributed by atoms with E-state index in [0.29, 0.717) is 0 Å². The molecule has 0 amide bonds. The molecule has 1 nitrogen and oxygen atoms in total. The zero-order chi connectivity index (χ0) is 18.8. The first-order valence-corrected chi connectivity index (χ1v) is 10.7. The number of aryl methyl sites for hydroxylation is 1. The molecule has 0 fully saturated rings. The van der Waals surface area contributed by atoms with Gasteiger partial charge in [-0.2, -0.15) is 0 Å². The number of Topliss-reactive ketones (excluding diaryl/α,β-unsaturated/α-hetero) is 1. The summed E-state index contributed by atoms with van der Waals surface area (Å²) in [4.78, 5) is 11.5. The Kier molecular flexibility index (Phi) is 6.17. The molecule has 0 unspecified atom stereocenters. The van der Waals surface area contributed by atoms with Gasteiger partial charge in [0.2, 0.25) is 0 Å². The third-order valence-electron chi connectivity index (χ3n) is 4.58. The molecule has 0 atom stereocenters. The molecule has 0 saturated heterocycles. The van der Waals surface area contributed by atoms with Gasteiger partial charge in [0.1, 0.15) is 0 Å². The molecule has 0 aliphatic rings. The van der Waals surface area contributed by atoms with Crippen LogP contribution in [0, 0.1) is 21.0 Å². The summed E-state index contributed by atoms with van der Waals surface area (Å²) in [6, 6.07) is 19.1. The van der Waals surface area contributed by atoms with Gasteiger partial charge in [0.05, 0.1) is 0 Å². The lowest BCUT2D eigenvalue weighted by Gasteiger charge is -2.14. The van der Waals surface area contributed by atoms with Crippen molar-refractivity contribution in [3.8, 4) is 11.1 Å². The number of rotatable bonds is 4. The average Bonchev–Trinajstić information content (AvgIpc) is 2.60. The first-order valence-electron chi connectivity index (χ1n) is 8.50. The predicted octanol–water partition coefficient (Wildman–Crippen LogP) is 6.97. The Morgan fingerprint density at radius 3 is 2.15 bits per heavy atom. The third-order valence-corrected chi connectivity index (χ3v) is 6.65. The van der Waals surface area contributed by atoms with Crippen LogP contribution >= 0.6 is 45.2 Å². The van der Waals surface area contributed by atoms with Gasteiger partial charge in [-0.15, -0.1) is 0 Å². The Bertz CT molecular complexity index is 972. The molecule has 0 aliphatic carbocycles. The number of hydrogen-bond acceptors (Lipinski definition) is 1. The van der Waals surface area contributed by atoms with Crippen molar-refractivity contribution in [3.05, 3.63) is 89.6 Å². The maximum Gasteiger partial charge on any atom is 0.159 e. The normalized spacial score (nSPS) is 10.8. The lowest BCUT2D eigenvalue weighted by molar-refractivity contribution is 0.101. The molecule has 0 radical (unpaired) electrons. The maximum absolute atomic E-state index is 11.5. The Labute approximate surface area is 182 Å². The summed E-state index contributed by atoms with van der Waals surface area (Å²) in [7, 11) is 0. The van der Waals surface area contributed by atoms with Crippen LogP contribution in [-0.2, 0) is 6.42 Å². The van der Waals surface area contributed by atoms with Gasteiger partial charge >= 0.3 is 0 Å². The van der Waals surface area contributed by atoms with Crippen LogP contribution in [-0.4, -0.2) is 5.78 Å². The lowest BCUT2D eigenvalue weighted by Crippen LogP contribution is -1.97. The summed E-state index contributed by atoms with van der Waals surface area (Å²) in [6.07, 6.45) is 0.865. The van der Waals surface area contributed by atoms with Crippen LogP contribution in [0.5, 0.6) is 0 Å². The molecule has 0 N–H and O–H groups in total. The molecular weight excluding hydrogens is 546 g/mol. The van der Waals surface area contributed by atoms with Crippen LogP contribution in [0.15, 0.2) is 54.6 Å². The van der Waals surface area contributed by atoms with Crippen LogP contribution < -0.4 is 0 Å². The second-order valence-electron chi connectivity index (χ2n) is 6.66. The second-order valence-corrected chi connectivity index (χ2v) is 8.99. The van der Waals surface area contributed by atoms with Crippen molar-refractivity contribution in [2.24, 2.45) is 0 Å². The molecule has 26 heavy (non-hydrogen) atoms. The maximum atomic E-state index is 11.5. The van der Waals surface area contributed by atoms with E-state index in [0.717, 1.165) is 12.0 Å². The minimum atomic E-state index is 0.109. The molecule has 0 spiro atoms. The van der Waals surface area contributed by atoms with Gasteiger partial charge in [0, 0.05) is 12.7 Å². The van der Waals surface area contributed by atoms with E-state index < -0.39 is 0 Å². The lowest BCUT2D eigenvalue weighted by atomic mass is 9.94. The fraction of sp³-hybridized carbons (Fsp3) is 0.174. The summed E-state index contributed by atoms with van der Waals surface area (Å²) < 4.78 is 2.56. The first kappa shape index (κ1) is 19.5. The van der Waals surface area contributed by atoms with Gasteiger partial charge in [-0.1, -0.05) is 48.0 Å². The fourth-order valence-corrected chi connectivity index (χ4v) is 4.37. The number of carbonyl (C=O) groups is 1. The van der Waals surface area contributed by atoms with Gasteiger partial charge < -0.3 is 0 Å². The molecule has 0 heterocycles. The van der Waals surface area contributed by atoms with E-state index in [2.05, 4.69) is 101 Å². The van der Waals surface area contributed by atoms with E-state index in [9.17, 15) is 4.79 Å². The predicted molar refractivity (Wildman–Crippen MR) is 126 cm³/mol. The van der Waals surface area contributed by atoms with Crippen molar-refractivity contribution in [1.82, 2.24) is 0 Å². The monoisotopic (exact) mass is 566 g/mol. The molecule has 3 rings (SSSR count). The molecule has 0 aromatic heterocycles. The molecule has 132 valence electrons. The Hall–Kier alpha value is -1.21. The van der Waals surface area contributed by atoms with Crippen molar-refractivity contribution in [3.63, 3.8) is 0 Å². The van der Waals surface area contributed by atoms with Crippen LogP contribution in [0.4, 0.5) is 0 Å². The summed E-state index contributed by atoms with van der Waals surface area (Å²) in [5.74, 6) is 0.109. The minimum Gasteiger partial charge on any atom is -0.295 e. The van der Waals surface area contributed by atoms with Gasteiger partial charge in [0.25, 0.3) is 0 Å². The van der Waals surface area contributed by atoms with E-state index in [1.807, 2.05) is 12.1 Å². The fourth-order valence-electron chi connectivity index (χ4n) is 3.06. The van der Waals surface area contributed by atoms with Crippen molar-refractivity contribution in [2.75, 3.05) is 0 Å². The number of carbonyl (C=O) groups excluding carboxylic acids is 1. The summed E-state index contributed by atoms with van der Waals surface area (Å²) >= 11 is 4.85. The minimum absolute atomic E-state index is 0.109. The van der Waals surface area contributed by atoms with Crippen LogP contribution in [0.25, 0.3) is 11.1 Å². The number of ketones is 1. The molecule has 3 heteroatoms. The van der Waals surface area contributed by atoms with Crippen LogP contribution in [0.2, 0.25) is 0 Å². The quantitative estimate of drug-likeness (QED) is 0.246. The highest BCUT2D eigenvalue weighted by Crippen LogP contribution is 2.33. The van der Waals surface area contributed by atoms with Crippen molar-refractivity contribution < 1.29 is 4.79 Å². The number of hydrogen-bond donors (Lipinski definition) is 0. The zero-order valence-corrected chi connectivity index (χ0v) is 19.4. The molecular formula is C23H20I2O. The topological polar surface area (TPSA) is 17.1 Å². The van der Waals surface area contributed by atoms with Crippen LogP contribution in [0.1, 0.15) is 39.5 Å². The largest absolute Gasteiger partial charge is 0.295 e. The number of benzene rings is 3. The van der Waals surface area contributed by atoms with Gasteiger partial charge in [0.15, 0.2) is 5.78 Å². The molecule has 3 aromatic rings. The van der Waals surface area contributed by atoms with Gasteiger partial charge in [-0.05, 0) is 112 Å². The van der Waals surface area contributed by atoms with E-state index >= 15 is 0 Å². The van der Waals surface area contributed by atoms with Gasteiger partial charge in [-0.25, -0.2) is 0 Å². The highest BCUT2D eigenvalue weighted by molar-refractivity contribution is 14.1. The summed E-state index contributed by atoms with van der Waals surface area (Å²) in [5, 5.41) is 0. The third kappa shape index (κ3) is 4.36. The van der Waals surface area contributed by atoms with E-state index in [-0.39, 0.29) is 5.78 Å². The average molecular weight is 566 g/mol. The van der Waals surface area contributed by atoms with E-state index in [4.69, 9.17) is 0 Å². The molecule has 3 aromatic carbocycles. The Morgan fingerprint density at radius 2 is 1.50 bits per heavy atom. The Morgan fingerprint density at radius 1 is 0.808 bits per heavy atom. The molecule has 0 aliphatic heterocycles. The number of halogens is 2. The zero-order valence-electron chi connectivity index (χ0n) is 15.1. The van der Waals surface area contributed by atoms with E-state index in [1.165, 1.54) is 40.5 Å². The standard InChI is InChI=1S/C23H20I2O/c1-14-4-9-22(24)21(10-14)20-12-18(13-23(25)15(20)2)11-17-5-7-19(8-6-17)16(3)26/h4-10,12-13H,11H2,1-3H3. The van der Waals surface area contributed by atoms with Crippen molar-refractivity contribution >= 4 is 51.0 Å². The second kappa shape index (κ2) is 8.21. The SMILES string of the molecule is CC(=O)c1ccc(Cc2cc(I)c(C)c(-c3cc(C)ccc3I)c2)cc1. The highest BCUT2D eigenvalue weighted by atomic mass is 127. The summed E-state index contributed by atoms with van der Waals surface area (Å²) in [6.45, 7) is 5.94. The van der Waals surface area contributed by atoms with Crippen LogP contribution in [0.3, 0.4) is 0 Å². The Balaban J connectivity index is 2.00. The van der Waals surface area contributed by atoms with Crippen molar-refractivity contribution in [2.45, 2.75) is 27.2 Å². The molecule has 0 saturated carbocycles. The highest BCUT2D eigenvalue weighted by Gasteiger charge is 2.11. The smallest absolute Gasteiger partial charge is 0.159 e. The summed E-state index contributed by atoms with van der Waals surface area (Å²) in [5.41, 5.74) is 8.49. The first-order chi connectivity index (χ1) is 12.3. The molecule has 0 bridgehead atoms.